The van der Waals surface area contributed by atoms with E-state index in [1.54, 1.807) is 50.4 Å². The lowest BCUT2D eigenvalue weighted by Gasteiger charge is -2.06. The molecule has 0 spiro atoms. The molecular formula is C16H17NO4. The number of carbonyl (C=O) groups is 1. The highest BCUT2D eigenvalue weighted by molar-refractivity contribution is 5.86. The highest BCUT2D eigenvalue weighted by Gasteiger charge is 2.10. The van der Waals surface area contributed by atoms with Gasteiger partial charge in [-0.2, -0.15) is 0 Å². The van der Waals surface area contributed by atoms with Gasteiger partial charge in [-0.25, -0.2) is 4.79 Å². The molecule has 5 nitrogen and oxygen atoms in total. The van der Waals surface area contributed by atoms with Gasteiger partial charge in [-0.3, -0.25) is 0 Å². The Bertz CT molecular complexity index is 658. The van der Waals surface area contributed by atoms with Crippen LogP contribution in [0.3, 0.4) is 0 Å². The van der Waals surface area contributed by atoms with Crippen LogP contribution in [-0.2, 0) is 9.53 Å². The maximum atomic E-state index is 11.3. The van der Waals surface area contributed by atoms with E-state index in [9.17, 15) is 4.79 Å². The van der Waals surface area contributed by atoms with Crippen molar-refractivity contribution in [2.24, 2.45) is 0 Å². The molecule has 1 aromatic heterocycles. The zero-order chi connectivity index (χ0) is 15.2. The first-order valence-corrected chi connectivity index (χ1v) is 6.52. The second-order valence-electron chi connectivity index (χ2n) is 4.25. The number of hydrogen-bond donors (Lipinski definition) is 1. The minimum Gasteiger partial charge on any atom is -0.496 e. The molecule has 1 heterocycles. The average Bonchev–Trinajstić information content (AvgIpc) is 2.94. The normalized spacial score (nSPS) is 10.8. The summed E-state index contributed by atoms with van der Waals surface area (Å²) in [7, 11) is 1.58. The molecule has 110 valence electrons. The van der Waals surface area contributed by atoms with E-state index in [0.717, 1.165) is 5.56 Å². The van der Waals surface area contributed by atoms with Crippen LogP contribution in [0.25, 0.3) is 17.4 Å². The zero-order valence-electron chi connectivity index (χ0n) is 12.0. The SMILES string of the molecule is CCOC(=O)/C=C/c1ccc(-c2cc(N)ccc2OC)o1. The zero-order valence-corrected chi connectivity index (χ0v) is 12.0. The lowest BCUT2D eigenvalue weighted by atomic mass is 10.1. The predicted octanol–water partition coefficient (Wildman–Crippen LogP) is 3.11. The first-order valence-electron chi connectivity index (χ1n) is 6.52. The number of methoxy groups -OCH3 is 1. The predicted molar refractivity (Wildman–Crippen MR) is 80.8 cm³/mol. The number of anilines is 1. The van der Waals surface area contributed by atoms with Crippen LogP contribution in [0.4, 0.5) is 5.69 Å². The first-order chi connectivity index (χ1) is 10.1. The molecule has 0 aliphatic carbocycles. The third-order valence-electron chi connectivity index (χ3n) is 2.79. The van der Waals surface area contributed by atoms with Gasteiger partial charge in [0.05, 0.1) is 19.3 Å². The molecule has 0 amide bonds. The summed E-state index contributed by atoms with van der Waals surface area (Å²) in [5, 5.41) is 0. The van der Waals surface area contributed by atoms with Crippen LogP contribution >= 0.6 is 0 Å². The molecule has 0 saturated carbocycles. The second kappa shape index (κ2) is 6.65. The van der Waals surface area contributed by atoms with Crippen LogP contribution in [-0.4, -0.2) is 19.7 Å². The lowest BCUT2D eigenvalue weighted by molar-refractivity contribution is -0.137. The van der Waals surface area contributed by atoms with Crippen molar-refractivity contribution >= 4 is 17.7 Å². The molecular weight excluding hydrogens is 270 g/mol. The Hall–Kier alpha value is -2.69. The van der Waals surface area contributed by atoms with Crippen molar-refractivity contribution in [2.75, 3.05) is 19.5 Å². The monoisotopic (exact) mass is 287 g/mol. The molecule has 0 atom stereocenters. The number of nitrogens with two attached hydrogens (primary N) is 1. The standard InChI is InChI=1S/C16H17NO4/c1-3-20-16(18)9-6-12-5-8-15(21-12)13-10-11(17)4-7-14(13)19-2/h4-10H,3,17H2,1-2H3/b9-6+. The number of esters is 1. The van der Waals surface area contributed by atoms with Crippen LogP contribution < -0.4 is 10.5 Å². The molecule has 0 radical (unpaired) electrons. The van der Waals surface area contributed by atoms with Gasteiger partial charge >= 0.3 is 5.97 Å². The fourth-order valence-corrected chi connectivity index (χ4v) is 1.85. The van der Waals surface area contributed by atoms with E-state index in [1.807, 2.05) is 0 Å². The molecule has 2 aromatic rings. The first kappa shape index (κ1) is 14.7. The number of benzene rings is 1. The summed E-state index contributed by atoms with van der Waals surface area (Å²) in [6, 6.07) is 8.86. The number of hydrogen-bond acceptors (Lipinski definition) is 5. The highest BCUT2D eigenvalue weighted by Crippen LogP contribution is 2.33. The molecule has 2 N–H and O–H groups in total. The fraction of sp³-hybridized carbons (Fsp3) is 0.188. The van der Waals surface area contributed by atoms with Crippen molar-refractivity contribution in [3.05, 3.63) is 42.2 Å². The van der Waals surface area contributed by atoms with Crippen LogP contribution in [0.15, 0.2) is 40.8 Å². The summed E-state index contributed by atoms with van der Waals surface area (Å²) < 4.78 is 15.8. The molecule has 5 heteroatoms. The number of rotatable bonds is 5. The van der Waals surface area contributed by atoms with Gasteiger partial charge in [-0.1, -0.05) is 0 Å². The largest absolute Gasteiger partial charge is 0.496 e. The van der Waals surface area contributed by atoms with Crippen molar-refractivity contribution in [1.82, 2.24) is 0 Å². The molecule has 21 heavy (non-hydrogen) atoms. The topological polar surface area (TPSA) is 74.7 Å². The van der Waals surface area contributed by atoms with Crippen molar-refractivity contribution in [3.8, 4) is 17.1 Å². The van der Waals surface area contributed by atoms with Gasteiger partial charge in [-0.15, -0.1) is 0 Å². The van der Waals surface area contributed by atoms with E-state index in [0.29, 0.717) is 29.6 Å². The summed E-state index contributed by atoms with van der Waals surface area (Å²) in [5.74, 6) is 1.42. The Morgan fingerprint density at radius 1 is 1.33 bits per heavy atom. The quantitative estimate of drug-likeness (QED) is 0.519. The third-order valence-corrected chi connectivity index (χ3v) is 2.79. The lowest BCUT2D eigenvalue weighted by Crippen LogP contribution is -1.98. The minimum atomic E-state index is -0.406. The average molecular weight is 287 g/mol. The maximum Gasteiger partial charge on any atom is 0.330 e. The van der Waals surface area contributed by atoms with E-state index in [2.05, 4.69) is 0 Å². The summed E-state index contributed by atoms with van der Waals surface area (Å²) in [6.45, 7) is 2.09. The van der Waals surface area contributed by atoms with Crippen LogP contribution in [0.1, 0.15) is 12.7 Å². The van der Waals surface area contributed by atoms with Crippen molar-refractivity contribution < 1.29 is 18.7 Å². The molecule has 0 aliphatic rings. The summed E-state index contributed by atoms with van der Waals surface area (Å²) in [6.07, 6.45) is 2.88. The van der Waals surface area contributed by atoms with Crippen LogP contribution in [0.2, 0.25) is 0 Å². The summed E-state index contributed by atoms with van der Waals surface area (Å²) in [4.78, 5) is 11.3. The molecule has 1 aromatic carbocycles. The molecule has 0 bridgehead atoms. The Morgan fingerprint density at radius 2 is 2.14 bits per heavy atom. The summed E-state index contributed by atoms with van der Waals surface area (Å²) in [5.41, 5.74) is 7.16. The fourth-order valence-electron chi connectivity index (χ4n) is 1.85. The smallest absolute Gasteiger partial charge is 0.330 e. The molecule has 0 fully saturated rings. The van der Waals surface area contributed by atoms with E-state index >= 15 is 0 Å². The Morgan fingerprint density at radius 3 is 2.86 bits per heavy atom. The Kier molecular flexibility index (Phi) is 4.66. The molecule has 0 aliphatic heterocycles. The van der Waals surface area contributed by atoms with Gasteiger partial charge < -0.3 is 19.6 Å². The van der Waals surface area contributed by atoms with E-state index in [1.165, 1.54) is 6.08 Å². The van der Waals surface area contributed by atoms with Gasteiger partial charge in [0.25, 0.3) is 0 Å². The van der Waals surface area contributed by atoms with Crippen molar-refractivity contribution in [3.63, 3.8) is 0 Å². The molecule has 0 unspecified atom stereocenters. The summed E-state index contributed by atoms with van der Waals surface area (Å²) >= 11 is 0. The van der Waals surface area contributed by atoms with Crippen molar-refractivity contribution in [2.45, 2.75) is 6.92 Å². The van der Waals surface area contributed by atoms with Crippen LogP contribution in [0.5, 0.6) is 5.75 Å². The number of ether oxygens (including phenoxy) is 2. The Labute approximate surface area is 123 Å². The third kappa shape index (κ3) is 3.66. The van der Waals surface area contributed by atoms with Gasteiger partial charge in [0, 0.05) is 11.8 Å². The van der Waals surface area contributed by atoms with Crippen LogP contribution in [0, 0.1) is 0 Å². The molecule has 2 rings (SSSR count). The second-order valence-corrected chi connectivity index (χ2v) is 4.25. The van der Waals surface area contributed by atoms with Gasteiger partial charge in [0.2, 0.25) is 0 Å². The minimum absolute atomic E-state index is 0.340. The van der Waals surface area contributed by atoms with Gasteiger partial charge in [0.1, 0.15) is 17.3 Å². The maximum absolute atomic E-state index is 11.3. The van der Waals surface area contributed by atoms with Gasteiger partial charge in [0.15, 0.2) is 0 Å². The number of furan rings is 1. The van der Waals surface area contributed by atoms with E-state index in [-0.39, 0.29) is 0 Å². The Balaban J connectivity index is 2.24. The highest BCUT2D eigenvalue weighted by atomic mass is 16.5. The van der Waals surface area contributed by atoms with E-state index < -0.39 is 5.97 Å². The van der Waals surface area contributed by atoms with Crippen molar-refractivity contribution in [1.29, 1.82) is 0 Å². The number of carbonyl (C=O) groups excluding carboxylic acids is 1. The number of nitrogen functional groups attached to an aromatic ring is 1. The molecule has 0 saturated heterocycles. The van der Waals surface area contributed by atoms with E-state index in [4.69, 9.17) is 19.6 Å². The van der Waals surface area contributed by atoms with Gasteiger partial charge in [-0.05, 0) is 43.3 Å².